The lowest BCUT2D eigenvalue weighted by Gasteiger charge is -2.38. The molecule has 0 spiro atoms. The van der Waals surface area contributed by atoms with E-state index >= 15 is 0 Å². The van der Waals surface area contributed by atoms with E-state index < -0.39 is 12.0 Å². The number of nitrogens with zero attached hydrogens (tertiary/aromatic N) is 14. The summed E-state index contributed by atoms with van der Waals surface area (Å²) in [5.74, 6) is -0.488. The zero-order chi connectivity index (χ0) is 71.5. The molecule has 528 valence electrons. The van der Waals surface area contributed by atoms with Gasteiger partial charge in [-0.25, -0.2) is 34.3 Å². The molecule has 104 heavy (non-hydrogen) atoms. The van der Waals surface area contributed by atoms with Crippen LogP contribution in [-0.4, -0.2) is 150 Å². The molecule has 0 aromatic carbocycles. The highest BCUT2D eigenvalue weighted by molar-refractivity contribution is 6.09. The van der Waals surface area contributed by atoms with E-state index in [2.05, 4.69) is 67.8 Å². The smallest absolute Gasteiger partial charge is 0.254 e. The maximum Gasteiger partial charge on any atom is 0.254 e. The number of aliphatic hydroxyl groups excluding tert-OH is 2. The van der Waals surface area contributed by atoms with Crippen molar-refractivity contribution < 1.29 is 38.8 Å². The van der Waals surface area contributed by atoms with Crippen molar-refractivity contribution in [2.75, 3.05) is 65.6 Å². The first-order chi connectivity index (χ1) is 50.5. The Bertz CT molecular complexity index is 5330. The van der Waals surface area contributed by atoms with E-state index in [1.165, 1.54) is 19.3 Å². The highest BCUT2D eigenvalue weighted by Gasteiger charge is 2.41. The van der Waals surface area contributed by atoms with Crippen LogP contribution >= 0.6 is 0 Å². The van der Waals surface area contributed by atoms with Gasteiger partial charge in [0.15, 0.2) is 0 Å². The number of anilines is 8. The van der Waals surface area contributed by atoms with Crippen LogP contribution in [0.3, 0.4) is 0 Å². The third-order valence-electron chi connectivity index (χ3n) is 20.6. The molecule has 18 rings (SSSR count). The number of halogens is 1. The molecule has 1 aliphatic carbocycles. The van der Waals surface area contributed by atoms with Crippen LogP contribution in [0.2, 0.25) is 0 Å². The van der Waals surface area contributed by atoms with Crippen LogP contribution in [-0.2, 0) is 45.5 Å². The normalized spacial score (nSPS) is 18.9. The summed E-state index contributed by atoms with van der Waals surface area (Å²) in [6.07, 6.45) is 22.0. The van der Waals surface area contributed by atoms with Crippen molar-refractivity contribution in [3.8, 4) is 33.8 Å². The fourth-order valence-electron chi connectivity index (χ4n) is 14.7. The van der Waals surface area contributed by atoms with E-state index in [1.54, 1.807) is 67.5 Å². The minimum Gasteiger partial charge on any atom is -0.393 e. The number of carbonyl (C=O) groups excluding carboxylic acids is 3. The summed E-state index contributed by atoms with van der Waals surface area (Å²) in [6, 6.07) is 25.3. The van der Waals surface area contributed by atoms with E-state index in [0.717, 1.165) is 107 Å². The molecule has 0 unspecified atom stereocenters. The number of alkyl halides is 1. The fraction of sp³-hybridized carbons (Fsp3) is 0.289. The second kappa shape index (κ2) is 27.5. The highest BCUT2D eigenvalue weighted by Crippen LogP contribution is 2.42. The van der Waals surface area contributed by atoms with Gasteiger partial charge in [-0.05, 0) is 92.1 Å². The van der Waals surface area contributed by atoms with Crippen LogP contribution in [0.5, 0.6) is 0 Å². The van der Waals surface area contributed by atoms with Crippen LogP contribution in [0, 0.1) is 5.92 Å². The largest absolute Gasteiger partial charge is 0.393 e. The van der Waals surface area contributed by atoms with Gasteiger partial charge >= 0.3 is 0 Å². The molecule has 3 fully saturated rings. The monoisotopic (exact) mass is 1400 g/mol. The molecule has 12 aromatic rings. The van der Waals surface area contributed by atoms with Crippen molar-refractivity contribution in [2.24, 2.45) is 27.1 Å². The van der Waals surface area contributed by atoms with Gasteiger partial charge in [0.25, 0.3) is 17.7 Å². The minimum absolute atomic E-state index is 0.0375. The van der Waals surface area contributed by atoms with E-state index in [0.29, 0.717) is 96.2 Å². The SMILES string of the molecule is COC[C@H]1CN(c2ccc(Nc3cnc(-c4ccnc5c4ccn5C)c4c3C(=O)NC4)nc2)CC[C@@H]1O.Cn1ccc2c(-c3ncc(Nc4ccc(N5CC[C@@](O)(F)[C@H](O)C5)cn4)c4c3CNC4=O)ccnc21.Cn1ccc2c(-c3ncc(Nc4cccc(C5CCC5)n4)c4c3CNC4=O)ccnc21. The van der Waals surface area contributed by atoms with Crippen LogP contribution in [0.4, 0.5) is 50.3 Å². The standard InChI is InChI=1S/C27H29N7O3.C25H24FN7O3.C24H22N6O/c1-33-9-6-19-18(5-8-28-26(19)33)25-20-12-31-27(36)24(20)21(13-30-25)32-23-4-3-17(11-29-23)34-10-7-22(35)16(14-34)15-37-2;1-32-8-5-16-15(4-7-27-23(16)32)22-17-11-30-24(35)21(17)18(12-29-22)31-20-3-2-14(10-28-20)33-9-6-25(26,36)19(34)13-33;1-30-11-9-16-15(8-10-25-23(16)30)22-17-12-27-24(31)21(17)19(13-26-22)29-20-7-3-6-18(28-20)14-4-2-5-14/h3-6,8-9,11,13,16,22,35H,7,10,12,14-15H2,1-2H3,(H,29,32)(H,31,36);2-5,7-8,10,12,19,34,36H,6,9,11,13H2,1H3,(H,28,31)(H,30,35);3,6-11,13-14H,2,4-5,12H2,1H3,(H,27,31)(H,28,29)/t16-,22+;19-,25+;/m11./s1. The molecule has 4 atom stereocenters. The number of pyridine rings is 9. The molecule has 0 bridgehead atoms. The van der Waals surface area contributed by atoms with E-state index in [-0.39, 0.29) is 49.3 Å². The lowest BCUT2D eigenvalue weighted by Crippen LogP contribution is -2.53. The topological polar surface area (TPSA) is 331 Å². The Labute approximate surface area is 595 Å². The minimum atomic E-state index is -2.58. The molecule has 12 aromatic heterocycles. The fourth-order valence-corrected chi connectivity index (χ4v) is 14.7. The third kappa shape index (κ3) is 12.5. The maximum atomic E-state index is 13.8. The van der Waals surface area contributed by atoms with Crippen molar-refractivity contribution in [2.45, 2.75) is 75.7 Å². The highest BCUT2D eigenvalue weighted by atomic mass is 19.2. The number of aliphatic hydroxyl groups is 3. The molecule has 27 nitrogen and oxygen atoms in total. The van der Waals surface area contributed by atoms with Gasteiger partial charge in [-0.1, -0.05) is 12.5 Å². The second-order valence-electron chi connectivity index (χ2n) is 27.0. The molecular weight excluding hydrogens is 1320 g/mol. The summed E-state index contributed by atoms with van der Waals surface area (Å²) < 4.78 is 25.0. The third-order valence-corrected chi connectivity index (χ3v) is 20.6. The van der Waals surface area contributed by atoms with Gasteiger partial charge in [-0.15, -0.1) is 0 Å². The molecule has 6 aliphatic rings. The molecule has 17 heterocycles. The summed E-state index contributed by atoms with van der Waals surface area (Å²) in [5.41, 5.74) is 16.7. The molecule has 2 saturated heterocycles. The molecule has 28 heteroatoms. The molecular formula is C76H75FN20O7. The number of nitrogens with one attached hydrogen (secondary N) is 6. The number of ether oxygens (including phenoxy) is 1. The van der Waals surface area contributed by atoms with Gasteiger partial charge in [-0.3, -0.25) is 29.3 Å². The van der Waals surface area contributed by atoms with Crippen molar-refractivity contribution in [1.82, 2.24) is 74.5 Å². The molecule has 9 N–H and O–H groups in total. The van der Waals surface area contributed by atoms with Crippen LogP contribution in [0.25, 0.3) is 66.9 Å². The number of amides is 3. The molecule has 3 amide bonds. The summed E-state index contributed by atoms with van der Waals surface area (Å²) in [5, 5.41) is 51.2. The Morgan fingerprint density at radius 3 is 1.40 bits per heavy atom. The van der Waals surface area contributed by atoms with Gasteiger partial charge < -0.3 is 75.5 Å². The zero-order valence-corrected chi connectivity index (χ0v) is 57.5. The van der Waals surface area contributed by atoms with Gasteiger partial charge in [0.05, 0.1) is 106 Å². The number of hydrogen-bond donors (Lipinski definition) is 9. The van der Waals surface area contributed by atoms with Gasteiger partial charge in [0, 0.05) is 185 Å². The lowest BCUT2D eigenvalue weighted by atomic mass is 9.83. The van der Waals surface area contributed by atoms with Gasteiger partial charge in [0.2, 0.25) is 5.85 Å². The van der Waals surface area contributed by atoms with Crippen molar-refractivity contribution in [3.05, 3.63) is 186 Å². The van der Waals surface area contributed by atoms with E-state index in [4.69, 9.17) is 24.7 Å². The first-order valence-electron chi connectivity index (χ1n) is 34.6. The Balaban J connectivity index is 0.000000121. The average Bonchev–Trinajstić information content (AvgIpc) is 1.58. The number of β-amino-alcohol motifs (C(OH)–C–C–N with tert-alkyl or cyclic N) is 1. The Morgan fingerprint density at radius 1 is 0.538 bits per heavy atom. The summed E-state index contributed by atoms with van der Waals surface area (Å²) in [6.45, 7) is 3.45. The summed E-state index contributed by atoms with van der Waals surface area (Å²) >= 11 is 0. The predicted octanol–water partition coefficient (Wildman–Crippen LogP) is 9.38. The number of aromatic nitrogens is 12. The van der Waals surface area contributed by atoms with Crippen molar-refractivity contribution >= 4 is 96.7 Å². The number of methoxy groups -OCH3 is 1. The average molecular weight is 1400 g/mol. The summed E-state index contributed by atoms with van der Waals surface area (Å²) in [7, 11) is 7.52. The number of carbonyl (C=O) groups is 3. The molecule has 1 saturated carbocycles. The Hall–Kier alpha value is -11.9. The Kier molecular flexibility index (Phi) is 17.6. The maximum absolute atomic E-state index is 13.8. The Morgan fingerprint density at radius 2 is 0.990 bits per heavy atom. The first-order valence-corrected chi connectivity index (χ1v) is 34.6. The molecule has 5 aliphatic heterocycles. The number of piperidine rings is 2. The van der Waals surface area contributed by atoms with Crippen LogP contribution in [0.1, 0.15) is 91.5 Å². The summed E-state index contributed by atoms with van der Waals surface area (Å²) in [4.78, 5) is 83.8. The quantitative estimate of drug-likeness (QED) is 0.0489. The lowest BCUT2D eigenvalue weighted by molar-refractivity contribution is -0.177. The van der Waals surface area contributed by atoms with E-state index in [1.807, 2.05) is 120 Å². The van der Waals surface area contributed by atoms with Crippen molar-refractivity contribution in [3.63, 3.8) is 0 Å². The number of rotatable bonds is 14. The van der Waals surface area contributed by atoms with Gasteiger partial charge in [-0.2, -0.15) is 0 Å². The number of aryl methyl sites for hydroxylation is 3. The van der Waals surface area contributed by atoms with E-state index in [9.17, 15) is 34.1 Å². The predicted molar refractivity (Wildman–Crippen MR) is 392 cm³/mol. The second-order valence-corrected chi connectivity index (χ2v) is 27.0. The zero-order valence-electron chi connectivity index (χ0n) is 57.5. The van der Waals surface area contributed by atoms with Crippen molar-refractivity contribution in [1.29, 1.82) is 0 Å². The molecule has 0 radical (unpaired) electrons. The van der Waals surface area contributed by atoms with Crippen LogP contribution < -0.4 is 41.7 Å². The first kappa shape index (κ1) is 66.7. The number of fused-ring (bicyclic) bond motifs is 6. The van der Waals surface area contributed by atoms with Gasteiger partial charge in [0.1, 0.15) is 40.5 Å². The van der Waals surface area contributed by atoms with Crippen LogP contribution in [0.15, 0.2) is 147 Å². The number of hydrogen-bond acceptors (Lipinski definition) is 21.